The Morgan fingerprint density at radius 3 is 2.36 bits per heavy atom. The summed E-state index contributed by atoms with van der Waals surface area (Å²) in [6, 6.07) is 13.6. The summed E-state index contributed by atoms with van der Waals surface area (Å²) in [5, 5.41) is 10.9. The zero-order valence-electron chi connectivity index (χ0n) is 13.8. The Bertz CT molecular complexity index is 835. The SMILES string of the molecule is CC[NH+](Cc1ccccc1)CN1C(=O)c2ccc([N+](=O)[O-])cc2C1=O. The molecule has 0 saturated carbocycles. The minimum Gasteiger partial charge on any atom is -0.314 e. The molecule has 2 aromatic rings. The number of nitro groups is 1. The number of non-ortho nitro benzene ring substituents is 1. The first-order valence-electron chi connectivity index (χ1n) is 8.03. The molecule has 1 aliphatic rings. The molecule has 0 saturated heterocycles. The minimum atomic E-state index is -0.570. The van der Waals surface area contributed by atoms with E-state index in [-0.39, 0.29) is 23.5 Å². The largest absolute Gasteiger partial charge is 0.314 e. The number of hydrogen-bond acceptors (Lipinski definition) is 4. The number of carbonyl (C=O) groups is 2. The highest BCUT2D eigenvalue weighted by Gasteiger charge is 2.38. The smallest absolute Gasteiger partial charge is 0.270 e. The van der Waals surface area contributed by atoms with Gasteiger partial charge < -0.3 is 4.90 Å². The van der Waals surface area contributed by atoms with Gasteiger partial charge in [0.05, 0.1) is 22.6 Å². The highest BCUT2D eigenvalue weighted by atomic mass is 16.6. The number of fused-ring (bicyclic) bond motifs is 1. The molecule has 25 heavy (non-hydrogen) atoms. The van der Waals surface area contributed by atoms with Crippen LogP contribution in [0.5, 0.6) is 0 Å². The molecular formula is C18H18N3O4+. The zero-order valence-corrected chi connectivity index (χ0v) is 13.8. The summed E-state index contributed by atoms with van der Waals surface area (Å²) in [6.45, 7) is 3.64. The second-order valence-electron chi connectivity index (χ2n) is 5.95. The fourth-order valence-corrected chi connectivity index (χ4v) is 2.94. The molecule has 1 heterocycles. The van der Waals surface area contributed by atoms with Crippen LogP contribution in [0.25, 0.3) is 0 Å². The van der Waals surface area contributed by atoms with E-state index in [0.717, 1.165) is 17.0 Å². The second kappa shape index (κ2) is 6.82. The Labute approximate surface area is 144 Å². The Morgan fingerprint density at radius 2 is 1.72 bits per heavy atom. The van der Waals surface area contributed by atoms with E-state index in [2.05, 4.69) is 0 Å². The van der Waals surface area contributed by atoms with Crippen molar-refractivity contribution in [3.63, 3.8) is 0 Å². The first-order valence-corrected chi connectivity index (χ1v) is 8.03. The number of carbonyl (C=O) groups excluding carboxylic acids is 2. The lowest BCUT2D eigenvalue weighted by molar-refractivity contribution is -0.919. The van der Waals surface area contributed by atoms with Crippen molar-refractivity contribution in [2.75, 3.05) is 13.2 Å². The van der Waals surface area contributed by atoms with Crippen molar-refractivity contribution in [1.82, 2.24) is 4.90 Å². The first-order chi connectivity index (χ1) is 12.0. The van der Waals surface area contributed by atoms with Crippen LogP contribution in [-0.2, 0) is 6.54 Å². The van der Waals surface area contributed by atoms with Crippen LogP contribution in [0.2, 0.25) is 0 Å². The molecule has 1 aliphatic heterocycles. The van der Waals surface area contributed by atoms with E-state index in [4.69, 9.17) is 0 Å². The van der Waals surface area contributed by atoms with Crippen molar-refractivity contribution in [3.8, 4) is 0 Å². The first kappa shape index (κ1) is 16.8. The molecule has 128 valence electrons. The van der Waals surface area contributed by atoms with Crippen LogP contribution < -0.4 is 4.90 Å². The predicted octanol–water partition coefficient (Wildman–Crippen LogP) is 1.25. The number of nitrogens with zero attached hydrogens (tertiary/aromatic N) is 2. The van der Waals surface area contributed by atoms with Crippen molar-refractivity contribution in [2.45, 2.75) is 13.5 Å². The molecule has 1 atom stereocenters. The lowest BCUT2D eigenvalue weighted by Crippen LogP contribution is -3.12. The molecular weight excluding hydrogens is 322 g/mol. The fourth-order valence-electron chi connectivity index (χ4n) is 2.94. The quantitative estimate of drug-likeness (QED) is 0.487. The van der Waals surface area contributed by atoms with Gasteiger partial charge in [-0.15, -0.1) is 0 Å². The van der Waals surface area contributed by atoms with Crippen molar-refractivity contribution >= 4 is 17.5 Å². The number of rotatable bonds is 6. The number of nitrogens with one attached hydrogen (secondary N) is 1. The van der Waals surface area contributed by atoms with Crippen LogP contribution in [0.3, 0.4) is 0 Å². The van der Waals surface area contributed by atoms with Gasteiger partial charge in [0.2, 0.25) is 0 Å². The van der Waals surface area contributed by atoms with E-state index >= 15 is 0 Å². The molecule has 0 radical (unpaired) electrons. The zero-order chi connectivity index (χ0) is 18.0. The highest BCUT2D eigenvalue weighted by molar-refractivity contribution is 6.21. The second-order valence-corrected chi connectivity index (χ2v) is 5.95. The Kier molecular flexibility index (Phi) is 4.58. The van der Waals surface area contributed by atoms with Crippen molar-refractivity contribution in [1.29, 1.82) is 0 Å². The van der Waals surface area contributed by atoms with Gasteiger partial charge in [-0.25, -0.2) is 4.90 Å². The van der Waals surface area contributed by atoms with Crippen molar-refractivity contribution < 1.29 is 19.4 Å². The Morgan fingerprint density at radius 1 is 1.04 bits per heavy atom. The van der Waals surface area contributed by atoms with Crippen molar-refractivity contribution in [3.05, 3.63) is 75.3 Å². The van der Waals surface area contributed by atoms with Gasteiger partial charge >= 0.3 is 0 Å². The maximum atomic E-state index is 12.6. The number of quaternary nitrogens is 1. The van der Waals surface area contributed by atoms with Crippen LogP contribution in [0.15, 0.2) is 48.5 Å². The molecule has 0 fully saturated rings. The summed E-state index contributed by atoms with van der Waals surface area (Å²) < 4.78 is 0. The lowest BCUT2D eigenvalue weighted by atomic mass is 10.1. The van der Waals surface area contributed by atoms with Gasteiger partial charge in [0.15, 0.2) is 6.67 Å². The Balaban J connectivity index is 1.80. The average Bonchev–Trinajstić information content (AvgIpc) is 2.86. The summed E-state index contributed by atoms with van der Waals surface area (Å²) in [5.74, 6) is -0.864. The topological polar surface area (TPSA) is 85.0 Å². The standard InChI is InChI=1S/C18H17N3O4/c1-2-19(11-13-6-4-3-5-7-13)12-20-17(22)15-9-8-14(21(24)25)10-16(15)18(20)23/h3-10H,2,11-12H2,1H3/p+1. The average molecular weight is 340 g/mol. The lowest BCUT2D eigenvalue weighted by Gasteiger charge is -2.22. The van der Waals surface area contributed by atoms with Crippen LogP contribution in [0, 0.1) is 10.1 Å². The van der Waals surface area contributed by atoms with E-state index in [9.17, 15) is 19.7 Å². The van der Waals surface area contributed by atoms with E-state index in [1.165, 1.54) is 23.1 Å². The van der Waals surface area contributed by atoms with E-state index in [1.807, 2.05) is 37.3 Å². The maximum absolute atomic E-state index is 12.6. The van der Waals surface area contributed by atoms with Gasteiger partial charge in [-0.1, -0.05) is 30.3 Å². The number of benzene rings is 2. The van der Waals surface area contributed by atoms with E-state index in [0.29, 0.717) is 6.54 Å². The Hall–Kier alpha value is -3.06. The van der Waals surface area contributed by atoms with Crippen LogP contribution in [-0.4, -0.2) is 34.9 Å². The van der Waals surface area contributed by atoms with E-state index in [1.54, 1.807) is 0 Å². The van der Waals surface area contributed by atoms with Crippen LogP contribution in [0.4, 0.5) is 5.69 Å². The minimum absolute atomic E-state index is 0.106. The van der Waals surface area contributed by atoms with Gasteiger partial charge in [0.1, 0.15) is 6.54 Å². The summed E-state index contributed by atoms with van der Waals surface area (Å²) in [4.78, 5) is 37.6. The molecule has 0 bridgehead atoms. The summed E-state index contributed by atoms with van der Waals surface area (Å²) in [6.07, 6.45) is 0. The number of amides is 2. The molecule has 2 aromatic carbocycles. The molecule has 0 aromatic heterocycles. The normalized spacial score (nSPS) is 14.5. The highest BCUT2D eigenvalue weighted by Crippen LogP contribution is 2.26. The molecule has 1 N–H and O–H groups in total. The molecule has 0 aliphatic carbocycles. The third-order valence-electron chi connectivity index (χ3n) is 4.34. The van der Waals surface area contributed by atoms with Gasteiger partial charge in [0, 0.05) is 17.7 Å². The number of imide groups is 1. The predicted molar refractivity (Wildman–Crippen MR) is 90.1 cm³/mol. The monoisotopic (exact) mass is 340 g/mol. The molecule has 2 amide bonds. The van der Waals surface area contributed by atoms with Gasteiger partial charge in [0.25, 0.3) is 17.5 Å². The number of hydrogen-bond donors (Lipinski definition) is 1. The third kappa shape index (κ3) is 3.27. The van der Waals surface area contributed by atoms with Crippen LogP contribution in [0.1, 0.15) is 33.2 Å². The third-order valence-corrected chi connectivity index (χ3v) is 4.34. The summed E-state index contributed by atoms with van der Waals surface area (Å²) >= 11 is 0. The summed E-state index contributed by atoms with van der Waals surface area (Å²) in [5.41, 5.74) is 1.26. The van der Waals surface area contributed by atoms with E-state index < -0.39 is 16.7 Å². The van der Waals surface area contributed by atoms with Gasteiger partial charge in [-0.2, -0.15) is 0 Å². The van der Waals surface area contributed by atoms with Gasteiger partial charge in [-0.3, -0.25) is 19.7 Å². The van der Waals surface area contributed by atoms with Crippen LogP contribution >= 0.6 is 0 Å². The summed E-state index contributed by atoms with van der Waals surface area (Å²) in [7, 11) is 0. The number of nitro benzene ring substituents is 1. The molecule has 0 spiro atoms. The fraction of sp³-hybridized carbons (Fsp3) is 0.222. The molecule has 3 rings (SSSR count). The van der Waals surface area contributed by atoms with Crippen molar-refractivity contribution in [2.24, 2.45) is 0 Å². The molecule has 7 heteroatoms. The van der Waals surface area contributed by atoms with Gasteiger partial charge in [-0.05, 0) is 13.0 Å². The molecule has 7 nitrogen and oxygen atoms in total. The molecule has 1 unspecified atom stereocenters. The maximum Gasteiger partial charge on any atom is 0.270 e.